The first kappa shape index (κ1) is 12.4. The second-order valence-corrected chi connectivity index (χ2v) is 4.23. The summed E-state index contributed by atoms with van der Waals surface area (Å²) in [5.41, 5.74) is 0. The lowest BCUT2D eigenvalue weighted by molar-refractivity contribution is 0.242. The molecule has 0 aliphatic rings. The highest BCUT2D eigenvalue weighted by Gasteiger charge is 2.05. The molecule has 0 aliphatic heterocycles. The lowest BCUT2D eigenvalue weighted by atomic mass is 10.2. The van der Waals surface area contributed by atoms with E-state index in [-0.39, 0.29) is 12.6 Å². The first-order valence-electron chi connectivity index (χ1n) is 5.10. The van der Waals surface area contributed by atoms with Crippen LogP contribution < -0.4 is 5.32 Å². The zero-order valence-electron chi connectivity index (χ0n) is 8.89. The molecule has 0 radical (unpaired) electrons. The Morgan fingerprint density at radius 1 is 1.53 bits per heavy atom. The van der Waals surface area contributed by atoms with Crippen molar-refractivity contribution in [3.8, 4) is 0 Å². The Balaban J connectivity index is 2.20. The number of hydrogen-bond acceptors (Lipinski definition) is 5. The monoisotopic (exact) mass is 227 g/mol. The minimum Gasteiger partial charge on any atom is -0.395 e. The second-order valence-electron chi connectivity index (χ2n) is 3.12. The standard InChI is InChI=1S/C10H17N3OS/c1-2-12-9(8-14)3-6-15-10-7-11-4-5-13-10/h4-5,7,9,12,14H,2-3,6,8H2,1H3. The van der Waals surface area contributed by atoms with Crippen LogP contribution in [-0.2, 0) is 0 Å². The molecular formula is C10H17N3OS. The highest BCUT2D eigenvalue weighted by Crippen LogP contribution is 2.14. The molecule has 15 heavy (non-hydrogen) atoms. The predicted molar refractivity (Wildman–Crippen MR) is 61.9 cm³/mol. The van der Waals surface area contributed by atoms with Gasteiger partial charge in [-0.1, -0.05) is 6.92 Å². The molecule has 1 aromatic heterocycles. The van der Waals surface area contributed by atoms with Crippen LogP contribution in [0.1, 0.15) is 13.3 Å². The van der Waals surface area contributed by atoms with Gasteiger partial charge in [-0.25, -0.2) is 4.98 Å². The molecule has 0 spiro atoms. The van der Waals surface area contributed by atoms with Crippen molar-refractivity contribution in [2.45, 2.75) is 24.4 Å². The van der Waals surface area contributed by atoms with Gasteiger partial charge in [-0.3, -0.25) is 4.98 Å². The number of rotatable bonds is 7. The minimum atomic E-state index is 0.189. The van der Waals surface area contributed by atoms with Crippen LogP contribution in [0.25, 0.3) is 0 Å². The van der Waals surface area contributed by atoms with Gasteiger partial charge in [0.05, 0.1) is 12.8 Å². The van der Waals surface area contributed by atoms with Crippen molar-refractivity contribution in [1.82, 2.24) is 15.3 Å². The zero-order valence-corrected chi connectivity index (χ0v) is 9.70. The van der Waals surface area contributed by atoms with Gasteiger partial charge in [0.25, 0.3) is 0 Å². The molecule has 84 valence electrons. The average Bonchev–Trinajstić information content (AvgIpc) is 2.29. The fourth-order valence-corrected chi connectivity index (χ4v) is 2.09. The first-order valence-corrected chi connectivity index (χ1v) is 6.08. The van der Waals surface area contributed by atoms with Crippen molar-refractivity contribution >= 4 is 11.8 Å². The Kier molecular flexibility index (Phi) is 6.31. The number of aromatic nitrogens is 2. The van der Waals surface area contributed by atoms with E-state index in [0.717, 1.165) is 23.7 Å². The van der Waals surface area contributed by atoms with E-state index in [0.29, 0.717) is 0 Å². The fourth-order valence-electron chi connectivity index (χ4n) is 1.21. The molecule has 0 amide bonds. The third-order valence-electron chi connectivity index (χ3n) is 1.97. The average molecular weight is 227 g/mol. The Bertz CT molecular complexity index is 258. The Labute approximate surface area is 94.5 Å². The molecule has 0 aromatic carbocycles. The maximum Gasteiger partial charge on any atom is 0.114 e. The van der Waals surface area contributed by atoms with Crippen molar-refractivity contribution in [2.24, 2.45) is 0 Å². The van der Waals surface area contributed by atoms with Crippen LogP contribution in [0.3, 0.4) is 0 Å². The summed E-state index contributed by atoms with van der Waals surface area (Å²) in [4.78, 5) is 8.16. The molecule has 1 atom stereocenters. The van der Waals surface area contributed by atoms with E-state index in [1.807, 2.05) is 6.92 Å². The number of aliphatic hydroxyl groups excluding tert-OH is 1. The normalized spacial score (nSPS) is 12.7. The number of likely N-dealkylation sites (N-methyl/N-ethyl adjacent to an activating group) is 1. The maximum absolute atomic E-state index is 9.05. The van der Waals surface area contributed by atoms with Gasteiger partial charge >= 0.3 is 0 Å². The SMILES string of the molecule is CCNC(CO)CCSc1cnccn1. The lowest BCUT2D eigenvalue weighted by Gasteiger charge is -2.13. The summed E-state index contributed by atoms with van der Waals surface area (Å²) >= 11 is 1.67. The summed E-state index contributed by atoms with van der Waals surface area (Å²) in [5, 5.41) is 13.2. The van der Waals surface area contributed by atoms with Gasteiger partial charge in [0.2, 0.25) is 0 Å². The first-order chi connectivity index (χ1) is 7.36. The van der Waals surface area contributed by atoms with Gasteiger partial charge in [-0.05, 0) is 13.0 Å². The maximum atomic E-state index is 9.05. The highest BCUT2D eigenvalue weighted by molar-refractivity contribution is 7.99. The Morgan fingerprint density at radius 2 is 2.40 bits per heavy atom. The molecule has 2 N–H and O–H groups in total. The molecular weight excluding hydrogens is 210 g/mol. The molecule has 5 heteroatoms. The molecule has 1 unspecified atom stereocenters. The summed E-state index contributed by atoms with van der Waals surface area (Å²) < 4.78 is 0. The molecule has 4 nitrogen and oxygen atoms in total. The number of nitrogens with one attached hydrogen (secondary N) is 1. The van der Waals surface area contributed by atoms with Crippen molar-refractivity contribution < 1.29 is 5.11 Å². The van der Waals surface area contributed by atoms with Gasteiger partial charge in [0.15, 0.2) is 0 Å². The number of hydrogen-bond donors (Lipinski definition) is 2. The van der Waals surface area contributed by atoms with Crippen LogP contribution in [0.5, 0.6) is 0 Å². The second kappa shape index (κ2) is 7.62. The van der Waals surface area contributed by atoms with Crippen LogP contribution in [0.4, 0.5) is 0 Å². The minimum absolute atomic E-state index is 0.189. The van der Waals surface area contributed by atoms with Crippen LogP contribution in [0, 0.1) is 0 Å². The summed E-state index contributed by atoms with van der Waals surface area (Å²) in [5.74, 6) is 0.941. The zero-order chi connectivity index (χ0) is 10.9. The van der Waals surface area contributed by atoms with Crippen molar-refractivity contribution in [3.63, 3.8) is 0 Å². The topological polar surface area (TPSA) is 58.0 Å². The van der Waals surface area contributed by atoms with E-state index >= 15 is 0 Å². The molecule has 0 saturated carbocycles. The molecule has 0 aliphatic carbocycles. The van der Waals surface area contributed by atoms with Crippen LogP contribution in [0.15, 0.2) is 23.6 Å². The van der Waals surface area contributed by atoms with Crippen LogP contribution in [0.2, 0.25) is 0 Å². The summed E-state index contributed by atoms with van der Waals surface area (Å²) in [7, 11) is 0. The highest BCUT2D eigenvalue weighted by atomic mass is 32.2. The molecule has 0 saturated heterocycles. The van der Waals surface area contributed by atoms with Crippen LogP contribution >= 0.6 is 11.8 Å². The van der Waals surface area contributed by atoms with Gasteiger partial charge < -0.3 is 10.4 Å². The van der Waals surface area contributed by atoms with Gasteiger partial charge in [0, 0.05) is 24.2 Å². The van der Waals surface area contributed by atoms with E-state index in [1.165, 1.54) is 0 Å². The van der Waals surface area contributed by atoms with E-state index in [1.54, 1.807) is 30.4 Å². The van der Waals surface area contributed by atoms with E-state index in [9.17, 15) is 0 Å². The third kappa shape index (κ3) is 5.11. The van der Waals surface area contributed by atoms with Crippen LogP contribution in [-0.4, -0.2) is 40.0 Å². The molecule has 1 heterocycles. The van der Waals surface area contributed by atoms with Crippen molar-refractivity contribution in [3.05, 3.63) is 18.6 Å². The van der Waals surface area contributed by atoms with Crippen molar-refractivity contribution in [1.29, 1.82) is 0 Å². The Hall–Kier alpha value is -0.650. The van der Waals surface area contributed by atoms with Crippen molar-refractivity contribution in [2.75, 3.05) is 18.9 Å². The van der Waals surface area contributed by atoms with E-state index < -0.39 is 0 Å². The molecule has 0 fully saturated rings. The fraction of sp³-hybridized carbons (Fsp3) is 0.600. The summed E-state index contributed by atoms with van der Waals surface area (Å²) in [6, 6.07) is 0.194. The predicted octanol–water partition coefficient (Wildman–Crippen LogP) is 0.929. The molecule has 0 bridgehead atoms. The summed E-state index contributed by atoms with van der Waals surface area (Å²) in [6.07, 6.45) is 6.05. The molecule has 1 rings (SSSR count). The number of aliphatic hydroxyl groups is 1. The third-order valence-corrected chi connectivity index (χ3v) is 2.92. The molecule has 1 aromatic rings. The van der Waals surface area contributed by atoms with Gasteiger partial charge in [-0.15, -0.1) is 11.8 Å². The number of nitrogens with zero attached hydrogens (tertiary/aromatic N) is 2. The summed E-state index contributed by atoms with van der Waals surface area (Å²) in [6.45, 7) is 3.12. The van der Waals surface area contributed by atoms with E-state index in [4.69, 9.17) is 5.11 Å². The van der Waals surface area contributed by atoms with Gasteiger partial charge in [0.1, 0.15) is 5.03 Å². The number of thioether (sulfide) groups is 1. The van der Waals surface area contributed by atoms with E-state index in [2.05, 4.69) is 15.3 Å². The lowest BCUT2D eigenvalue weighted by Crippen LogP contribution is -2.32. The van der Waals surface area contributed by atoms with Gasteiger partial charge in [-0.2, -0.15) is 0 Å². The largest absolute Gasteiger partial charge is 0.395 e. The quantitative estimate of drug-likeness (QED) is 0.679. The Morgan fingerprint density at radius 3 is 3.00 bits per heavy atom. The smallest absolute Gasteiger partial charge is 0.114 e.